The first-order chi connectivity index (χ1) is 8.79. The van der Waals surface area contributed by atoms with Gasteiger partial charge in [0, 0.05) is 6.04 Å². The number of carbonyl (C=O) groups excluding carboxylic acids is 1. The molecular formula is C10H10F3N3O3. The number of imidazole rings is 1. The molecule has 9 heteroatoms. The van der Waals surface area contributed by atoms with E-state index in [0.717, 1.165) is 6.33 Å². The largest absolute Gasteiger partial charge is 0.477 e. The number of aromatic amines is 1. The second-order valence-corrected chi connectivity index (χ2v) is 4.21. The second kappa shape index (κ2) is 4.56. The van der Waals surface area contributed by atoms with Crippen molar-refractivity contribution in [2.45, 2.75) is 25.1 Å². The zero-order chi connectivity index (χ0) is 14.2. The number of carbonyl (C=O) groups is 2. The molecule has 0 radical (unpaired) electrons. The smallest absolute Gasteiger partial charge is 0.406 e. The molecule has 0 bridgehead atoms. The van der Waals surface area contributed by atoms with Crippen LogP contribution in [0.1, 0.15) is 33.8 Å². The number of aromatic nitrogens is 2. The van der Waals surface area contributed by atoms with Crippen LogP contribution < -0.4 is 0 Å². The van der Waals surface area contributed by atoms with Crippen LogP contribution in [0.4, 0.5) is 13.2 Å². The van der Waals surface area contributed by atoms with Crippen LogP contribution in [-0.2, 0) is 0 Å². The van der Waals surface area contributed by atoms with Gasteiger partial charge in [0.15, 0.2) is 11.4 Å². The van der Waals surface area contributed by atoms with Gasteiger partial charge in [0.25, 0.3) is 5.91 Å². The molecule has 19 heavy (non-hydrogen) atoms. The van der Waals surface area contributed by atoms with Crippen LogP contribution in [0, 0.1) is 0 Å². The number of nitrogens with zero attached hydrogens (tertiary/aromatic N) is 2. The van der Waals surface area contributed by atoms with Gasteiger partial charge in [0.05, 0.1) is 6.33 Å². The Hall–Kier alpha value is -2.06. The second-order valence-electron chi connectivity index (χ2n) is 4.21. The summed E-state index contributed by atoms with van der Waals surface area (Å²) in [5, 5.41) is 8.81. The molecule has 1 fully saturated rings. The Morgan fingerprint density at radius 3 is 2.58 bits per heavy atom. The van der Waals surface area contributed by atoms with Crippen LogP contribution in [0.3, 0.4) is 0 Å². The van der Waals surface area contributed by atoms with Crippen molar-refractivity contribution < 1.29 is 27.9 Å². The third-order valence-corrected chi connectivity index (χ3v) is 2.65. The number of halogens is 3. The number of alkyl halides is 3. The third-order valence-electron chi connectivity index (χ3n) is 2.65. The van der Waals surface area contributed by atoms with Crippen LogP contribution in [0.5, 0.6) is 0 Å². The van der Waals surface area contributed by atoms with Gasteiger partial charge in [-0.2, -0.15) is 13.2 Å². The minimum absolute atomic E-state index is 0.481. The van der Waals surface area contributed by atoms with Gasteiger partial charge in [0.1, 0.15) is 6.54 Å². The molecule has 1 aliphatic rings. The Morgan fingerprint density at radius 1 is 1.47 bits per heavy atom. The van der Waals surface area contributed by atoms with E-state index < -0.39 is 42.0 Å². The number of aromatic carboxylic acids is 1. The molecule has 1 aliphatic carbocycles. The predicted molar refractivity (Wildman–Crippen MR) is 55.7 cm³/mol. The Balaban J connectivity index is 2.24. The van der Waals surface area contributed by atoms with Gasteiger partial charge in [-0.1, -0.05) is 0 Å². The van der Waals surface area contributed by atoms with Crippen LogP contribution in [0.2, 0.25) is 0 Å². The molecule has 1 saturated carbocycles. The molecule has 1 aromatic rings. The standard InChI is InChI=1S/C10H10F3N3O3/c11-10(12,13)3-16(5-1-2-5)8(17)6-7(9(18)19)15-4-14-6/h4-5H,1-3H2,(H,14,15)(H,18,19). The van der Waals surface area contributed by atoms with Crippen molar-refractivity contribution >= 4 is 11.9 Å². The summed E-state index contributed by atoms with van der Waals surface area (Å²) in [6.07, 6.45) is -2.60. The molecule has 6 nitrogen and oxygen atoms in total. The van der Waals surface area contributed by atoms with Crippen molar-refractivity contribution in [1.29, 1.82) is 0 Å². The van der Waals surface area contributed by atoms with Gasteiger partial charge in [-0.05, 0) is 12.8 Å². The van der Waals surface area contributed by atoms with Crippen molar-refractivity contribution in [3.8, 4) is 0 Å². The average Bonchev–Trinajstić information content (AvgIpc) is 3.00. The summed E-state index contributed by atoms with van der Waals surface area (Å²) >= 11 is 0. The van der Waals surface area contributed by atoms with Crippen molar-refractivity contribution in [3.05, 3.63) is 17.7 Å². The lowest BCUT2D eigenvalue weighted by atomic mass is 10.2. The molecule has 104 valence electrons. The first kappa shape index (κ1) is 13.4. The van der Waals surface area contributed by atoms with Crippen LogP contribution >= 0.6 is 0 Å². The van der Waals surface area contributed by atoms with Gasteiger partial charge in [0.2, 0.25) is 0 Å². The first-order valence-corrected chi connectivity index (χ1v) is 5.44. The molecule has 1 heterocycles. The fourth-order valence-electron chi connectivity index (χ4n) is 1.70. The molecule has 1 amide bonds. The lowest BCUT2D eigenvalue weighted by Crippen LogP contribution is -2.41. The summed E-state index contributed by atoms with van der Waals surface area (Å²) < 4.78 is 37.2. The molecule has 0 spiro atoms. The Kier molecular flexibility index (Phi) is 3.21. The Morgan fingerprint density at radius 2 is 2.11 bits per heavy atom. The Bertz CT molecular complexity index is 508. The maximum atomic E-state index is 12.4. The summed E-state index contributed by atoms with van der Waals surface area (Å²) in [7, 11) is 0. The average molecular weight is 277 g/mol. The number of carboxylic acid groups (broad SMARTS) is 1. The van der Waals surface area contributed by atoms with Crippen LogP contribution in [-0.4, -0.2) is 50.6 Å². The quantitative estimate of drug-likeness (QED) is 0.867. The van der Waals surface area contributed by atoms with Crippen molar-refractivity contribution in [2.75, 3.05) is 6.54 Å². The van der Waals surface area contributed by atoms with E-state index in [9.17, 15) is 22.8 Å². The number of hydrogen-bond donors (Lipinski definition) is 2. The maximum Gasteiger partial charge on any atom is 0.406 e. The van der Waals surface area contributed by atoms with E-state index in [1.807, 2.05) is 0 Å². The fourth-order valence-corrected chi connectivity index (χ4v) is 1.70. The maximum absolute atomic E-state index is 12.4. The summed E-state index contributed by atoms with van der Waals surface area (Å²) in [5.74, 6) is -2.46. The molecule has 0 aliphatic heterocycles. The van der Waals surface area contributed by atoms with Crippen molar-refractivity contribution in [2.24, 2.45) is 0 Å². The van der Waals surface area contributed by atoms with Crippen LogP contribution in [0.25, 0.3) is 0 Å². The molecule has 0 unspecified atom stereocenters. The molecule has 1 aromatic heterocycles. The number of amides is 1. The molecule has 2 N–H and O–H groups in total. The number of nitrogens with one attached hydrogen (secondary N) is 1. The van der Waals surface area contributed by atoms with E-state index in [0.29, 0.717) is 17.7 Å². The normalized spacial score (nSPS) is 15.3. The topological polar surface area (TPSA) is 86.3 Å². The van der Waals surface area contributed by atoms with E-state index in [2.05, 4.69) is 9.97 Å². The first-order valence-electron chi connectivity index (χ1n) is 5.44. The third kappa shape index (κ3) is 3.04. The monoisotopic (exact) mass is 277 g/mol. The van der Waals surface area contributed by atoms with Gasteiger partial charge in [-0.25, -0.2) is 9.78 Å². The van der Waals surface area contributed by atoms with Gasteiger partial charge < -0.3 is 15.0 Å². The highest BCUT2D eigenvalue weighted by atomic mass is 19.4. The molecule has 0 atom stereocenters. The number of H-pyrrole nitrogens is 1. The highest BCUT2D eigenvalue weighted by Crippen LogP contribution is 2.31. The highest BCUT2D eigenvalue weighted by Gasteiger charge is 2.42. The highest BCUT2D eigenvalue weighted by molar-refractivity contribution is 6.02. The van der Waals surface area contributed by atoms with Gasteiger partial charge in [-0.15, -0.1) is 0 Å². The predicted octanol–water partition coefficient (Wildman–Crippen LogP) is 1.27. The molecule has 2 rings (SSSR count). The SMILES string of the molecule is O=C(O)c1[nH]cnc1C(=O)N(CC(F)(F)F)C1CC1. The summed E-state index contributed by atoms with van der Waals surface area (Å²) in [6.45, 7) is -1.40. The van der Waals surface area contributed by atoms with E-state index >= 15 is 0 Å². The van der Waals surface area contributed by atoms with E-state index in [4.69, 9.17) is 5.11 Å². The molecular weight excluding hydrogens is 267 g/mol. The molecule has 0 aromatic carbocycles. The fraction of sp³-hybridized carbons (Fsp3) is 0.500. The zero-order valence-electron chi connectivity index (χ0n) is 9.57. The number of hydrogen-bond acceptors (Lipinski definition) is 3. The minimum Gasteiger partial charge on any atom is -0.477 e. The summed E-state index contributed by atoms with van der Waals surface area (Å²) in [6, 6.07) is -0.493. The minimum atomic E-state index is -4.53. The lowest BCUT2D eigenvalue weighted by molar-refractivity contribution is -0.141. The van der Waals surface area contributed by atoms with Crippen molar-refractivity contribution in [3.63, 3.8) is 0 Å². The van der Waals surface area contributed by atoms with E-state index in [1.54, 1.807) is 0 Å². The van der Waals surface area contributed by atoms with Crippen molar-refractivity contribution in [1.82, 2.24) is 14.9 Å². The summed E-state index contributed by atoms with van der Waals surface area (Å²) in [5.41, 5.74) is -0.999. The Labute approximate surface area is 105 Å². The van der Waals surface area contributed by atoms with E-state index in [-0.39, 0.29) is 0 Å². The number of carboxylic acids is 1. The number of rotatable bonds is 4. The zero-order valence-corrected chi connectivity index (χ0v) is 9.57. The van der Waals surface area contributed by atoms with Gasteiger partial charge in [-0.3, -0.25) is 4.79 Å². The summed E-state index contributed by atoms with van der Waals surface area (Å²) in [4.78, 5) is 29.1. The molecule has 0 saturated heterocycles. The van der Waals surface area contributed by atoms with Crippen LogP contribution in [0.15, 0.2) is 6.33 Å². The van der Waals surface area contributed by atoms with E-state index in [1.165, 1.54) is 0 Å². The van der Waals surface area contributed by atoms with Gasteiger partial charge >= 0.3 is 12.1 Å². The lowest BCUT2D eigenvalue weighted by Gasteiger charge is -2.23.